The van der Waals surface area contributed by atoms with Crippen molar-refractivity contribution < 1.29 is 9.53 Å². The number of morpholine rings is 1. The van der Waals surface area contributed by atoms with Crippen molar-refractivity contribution in [1.29, 1.82) is 0 Å². The molecule has 0 saturated carbocycles. The number of carbonyl (C=O) groups is 1. The second kappa shape index (κ2) is 1.97. The lowest BCUT2D eigenvalue weighted by molar-refractivity contribution is -0.135. The van der Waals surface area contributed by atoms with E-state index in [4.69, 9.17) is 4.74 Å². The van der Waals surface area contributed by atoms with E-state index < -0.39 is 0 Å². The van der Waals surface area contributed by atoms with E-state index in [0.717, 1.165) is 19.6 Å². The molecule has 2 saturated heterocycles. The Labute approximate surface area is 66.3 Å². The predicted molar refractivity (Wildman–Crippen MR) is 40.1 cm³/mol. The van der Waals surface area contributed by atoms with Crippen LogP contribution in [-0.2, 0) is 9.53 Å². The monoisotopic (exact) mass is 155 g/mol. The molecule has 2 aliphatic rings. The van der Waals surface area contributed by atoms with Crippen LogP contribution >= 0.6 is 0 Å². The molecule has 2 rings (SSSR count). The summed E-state index contributed by atoms with van der Waals surface area (Å²) in [5.74, 6) is 0.182. The maximum Gasteiger partial charge on any atom is 0.219 e. The molecule has 0 aromatic carbocycles. The van der Waals surface area contributed by atoms with Gasteiger partial charge in [-0.25, -0.2) is 0 Å². The van der Waals surface area contributed by atoms with E-state index in [1.165, 1.54) is 0 Å². The first-order chi connectivity index (χ1) is 5.11. The Morgan fingerprint density at radius 1 is 1.73 bits per heavy atom. The van der Waals surface area contributed by atoms with Crippen molar-refractivity contribution in [2.45, 2.75) is 31.9 Å². The molecule has 0 aromatic heterocycles. The minimum atomic E-state index is -0.0314. The number of rotatable bonds is 0. The molecule has 2 aliphatic heterocycles. The van der Waals surface area contributed by atoms with Crippen LogP contribution in [-0.4, -0.2) is 35.6 Å². The van der Waals surface area contributed by atoms with Crippen LogP contribution in [0.4, 0.5) is 0 Å². The minimum absolute atomic E-state index is 0.0314. The summed E-state index contributed by atoms with van der Waals surface area (Å²) >= 11 is 0. The molecule has 2 fully saturated rings. The first-order valence-electron chi connectivity index (χ1n) is 4.02. The number of fused-ring (bicyclic) bond motifs is 2. The lowest BCUT2D eigenvalue weighted by Gasteiger charge is -2.29. The summed E-state index contributed by atoms with van der Waals surface area (Å²) in [7, 11) is 0. The van der Waals surface area contributed by atoms with E-state index in [2.05, 4.69) is 6.92 Å². The van der Waals surface area contributed by atoms with E-state index in [1.807, 2.05) is 4.90 Å². The van der Waals surface area contributed by atoms with Gasteiger partial charge in [-0.1, -0.05) is 0 Å². The van der Waals surface area contributed by atoms with E-state index in [0.29, 0.717) is 6.04 Å². The van der Waals surface area contributed by atoms with Gasteiger partial charge in [-0.15, -0.1) is 0 Å². The summed E-state index contributed by atoms with van der Waals surface area (Å²) in [5, 5.41) is 0. The molecule has 62 valence electrons. The van der Waals surface area contributed by atoms with Crippen molar-refractivity contribution in [3.63, 3.8) is 0 Å². The van der Waals surface area contributed by atoms with Crippen molar-refractivity contribution in [2.75, 3.05) is 13.2 Å². The quantitative estimate of drug-likeness (QED) is 0.506. The highest BCUT2D eigenvalue weighted by molar-refractivity contribution is 5.74. The van der Waals surface area contributed by atoms with Crippen LogP contribution in [0.25, 0.3) is 0 Å². The second-order valence-corrected chi connectivity index (χ2v) is 3.77. The summed E-state index contributed by atoms with van der Waals surface area (Å²) in [6, 6.07) is 0.359. The van der Waals surface area contributed by atoms with Crippen molar-refractivity contribution in [2.24, 2.45) is 0 Å². The largest absolute Gasteiger partial charge is 0.371 e. The lowest BCUT2D eigenvalue weighted by Crippen LogP contribution is -2.43. The fraction of sp³-hybridized carbons (Fsp3) is 0.875. The molecule has 3 nitrogen and oxygen atoms in total. The van der Waals surface area contributed by atoms with Crippen molar-refractivity contribution in [1.82, 2.24) is 4.90 Å². The normalized spacial score (nSPS) is 41.6. The van der Waals surface area contributed by atoms with Gasteiger partial charge < -0.3 is 9.64 Å². The van der Waals surface area contributed by atoms with Crippen molar-refractivity contribution in [3.05, 3.63) is 0 Å². The molecule has 1 amide bonds. The Morgan fingerprint density at radius 3 is 2.73 bits per heavy atom. The second-order valence-electron chi connectivity index (χ2n) is 3.77. The van der Waals surface area contributed by atoms with Crippen molar-refractivity contribution >= 4 is 5.91 Å². The molecular weight excluding hydrogens is 142 g/mol. The van der Waals surface area contributed by atoms with Gasteiger partial charge in [0, 0.05) is 19.9 Å². The molecule has 2 bridgehead atoms. The summed E-state index contributed by atoms with van der Waals surface area (Å²) in [5.41, 5.74) is -0.0314. The third-order valence-electron chi connectivity index (χ3n) is 2.64. The number of amides is 1. The van der Waals surface area contributed by atoms with E-state index in [-0.39, 0.29) is 11.5 Å². The van der Waals surface area contributed by atoms with Crippen LogP contribution in [0.1, 0.15) is 20.3 Å². The molecule has 3 heteroatoms. The Balaban J connectivity index is 2.16. The Morgan fingerprint density at radius 2 is 2.45 bits per heavy atom. The van der Waals surface area contributed by atoms with Gasteiger partial charge in [0.2, 0.25) is 5.91 Å². The van der Waals surface area contributed by atoms with Gasteiger partial charge in [0.1, 0.15) is 0 Å². The molecule has 0 aliphatic carbocycles. The highest BCUT2D eigenvalue weighted by Gasteiger charge is 2.48. The fourth-order valence-corrected chi connectivity index (χ4v) is 2.08. The van der Waals surface area contributed by atoms with Gasteiger partial charge in [0.25, 0.3) is 0 Å². The number of hydrogen-bond acceptors (Lipinski definition) is 2. The van der Waals surface area contributed by atoms with Crippen LogP contribution < -0.4 is 0 Å². The van der Waals surface area contributed by atoms with Gasteiger partial charge in [0.15, 0.2) is 0 Å². The molecule has 0 aromatic rings. The molecule has 0 spiro atoms. The third-order valence-corrected chi connectivity index (χ3v) is 2.64. The highest BCUT2D eigenvalue weighted by Crippen LogP contribution is 2.36. The Bertz CT molecular complexity index is 204. The van der Waals surface area contributed by atoms with Crippen LogP contribution in [0.5, 0.6) is 0 Å². The predicted octanol–water partition coefficient (Wildman–Crippen LogP) is 0.396. The minimum Gasteiger partial charge on any atom is -0.371 e. The Hall–Kier alpha value is -0.570. The first-order valence-corrected chi connectivity index (χ1v) is 4.02. The summed E-state index contributed by atoms with van der Waals surface area (Å²) in [6.07, 6.45) is 1.02. The topological polar surface area (TPSA) is 29.5 Å². The van der Waals surface area contributed by atoms with E-state index in [9.17, 15) is 4.79 Å². The van der Waals surface area contributed by atoms with Crippen LogP contribution in [0.15, 0.2) is 0 Å². The first kappa shape index (κ1) is 7.10. The smallest absolute Gasteiger partial charge is 0.219 e. The zero-order chi connectivity index (χ0) is 8.06. The summed E-state index contributed by atoms with van der Waals surface area (Å²) < 4.78 is 5.53. The average molecular weight is 155 g/mol. The number of likely N-dealkylation sites (tertiary alicyclic amines) is 1. The van der Waals surface area contributed by atoms with E-state index >= 15 is 0 Å². The zero-order valence-corrected chi connectivity index (χ0v) is 6.96. The number of ether oxygens (including phenoxy) is 1. The van der Waals surface area contributed by atoms with Crippen LogP contribution in [0, 0.1) is 0 Å². The molecule has 11 heavy (non-hydrogen) atoms. The van der Waals surface area contributed by atoms with Gasteiger partial charge >= 0.3 is 0 Å². The SMILES string of the molecule is CC(=O)N1CC2(C)C[C@@H]1CO2. The molecule has 0 radical (unpaired) electrons. The molecular formula is C8H13NO2. The maximum atomic E-state index is 11.0. The average Bonchev–Trinajstić information content (AvgIpc) is 2.41. The lowest BCUT2D eigenvalue weighted by atomic mass is 10.1. The van der Waals surface area contributed by atoms with E-state index in [1.54, 1.807) is 6.92 Å². The Kier molecular flexibility index (Phi) is 1.27. The number of hydrogen-bond donors (Lipinski definition) is 0. The summed E-state index contributed by atoms with van der Waals surface area (Å²) in [4.78, 5) is 13.0. The van der Waals surface area contributed by atoms with Crippen LogP contribution in [0.3, 0.4) is 0 Å². The fourth-order valence-electron chi connectivity index (χ4n) is 2.08. The molecule has 2 heterocycles. The third kappa shape index (κ3) is 0.948. The molecule has 2 atom stereocenters. The highest BCUT2D eigenvalue weighted by atomic mass is 16.5. The number of carbonyl (C=O) groups excluding carboxylic acids is 1. The van der Waals surface area contributed by atoms with Crippen LogP contribution in [0.2, 0.25) is 0 Å². The van der Waals surface area contributed by atoms with Gasteiger partial charge in [-0.2, -0.15) is 0 Å². The van der Waals surface area contributed by atoms with Crippen molar-refractivity contribution in [3.8, 4) is 0 Å². The summed E-state index contributed by atoms with van der Waals surface area (Å²) in [6.45, 7) is 5.23. The maximum absolute atomic E-state index is 11.0. The van der Waals surface area contributed by atoms with Gasteiger partial charge in [0.05, 0.1) is 18.2 Å². The molecule has 1 unspecified atom stereocenters. The number of nitrogens with zero attached hydrogens (tertiary/aromatic N) is 1. The molecule has 0 N–H and O–H groups in total. The van der Waals surface area contributed by atoms with Gasteiger partial charge in [-0.3, -0.25) is 4.79 Å². The standard InChI is InChI=1S/C8H13NO2/c1-6(10)9-5-8(2)3-7(9)4-11-8/h7H,3-5H2,1-2H3/t7-,8?/m1/s1. The van der Waals surface area contributed by atoms with Gasteiger partial charge in [-0.05, 0) is 6.92 Å². The zero-order valence-electron chi connectivity index (χ0n) is 6.96.